The Labute approximate surface area is 419 Å². The van der Waals surface area contributed by atoms with Crippen LogP contribution in [0.15, 0.2) is 71.5 Å². The molecule has 0 unspecified atom stereocenters. The number of pyridine rings is 2. The number of aliphatic hydroxyl groups is 1. The summed E-state index contributed by atoms with van der Waals surface area (Å²) in [7, 11) is 0. The predicted octanol–water partition coefficient (Wildman–Crippen LogP) is 5.45. The number of aromatic nitrogens is 2. The molecule has 1 aliphatic carbocycles. The first-order chi connectivity index (χ1) is 34.5. The van der Waals surface area contributed by atoms with E-state index in [4.69, 9.17) is 14.5 Å². The third-order valence-electron chi connectivity index (χ3n) is 13.7. The number of unbranched alkanes of at least 4 members (excludes halogenated alkanes) is 2. The number of esters is 1. The monoisotopic (exact) mass is 1000 g/mol. The molecule has 19 heteroatoms. The predicted molar refractivity (Wildman–Crippen MR) is 268 cm³/mol. The molecule has 378 valence electrons. The number of nitrogens with zero attached hydrogens (tertiary/aromatic N) is 2. The average molecular weight is 1000 g/mol. The zero-order chi connectivity index (χ0) is 51.4. The molecule has 0 radical (unpaired) electrons. The highest BCUT2D eigenvalue weighted by atomic mass is 32.2. The number of fused-ring (bicyclic) bond motifs is 8. The third-order valence-corrected chi connectivity index (χ3v) is 14.6. The number of amides is 5. The van der Waals surface area contributed by atoms with E-state index in [1.54, 1.807) is 26.0 Å². The summed E-state index contributed by atoms with van der Waals surface area (Å²) >= 11 is 1.49. The first kappa shape index (κ1) is 51.2. The molecule has 2 aliphatic heterocycles. The summed E-state index contributed by atoms with van der Waals surface area (Å²) in [6, 6.07) is 17.6. The minimum absolute atomic E-state index is 0.0101. The maximum Gasteiger partial charge on any atom is 0.407 e. The van der Waals surface area contributed by atoms with Gasteiger partial charge in [0.25, 0.3) is 5.56 Å². The molecule has 72 heavy (non-hydrogen) atoms. The Morgan fingerprint density at radius 3 is 2.21 bits per heavy atom. The molecule has 0 saturated carbocycles. The second-order valence-corrected chi connectivity index (χ2v) is 19.6. The zero-order valence-electron chi connectivity index (χ0n) is 40.7. The van der Waals surface area contributed by atoms with Crippen molar-refractivity contribution in [1.29, 1.82) is 0 Å². The minimum Gasteiger partial charge on any atom is -0.458 e. The number of rotatable bonds is 19. The Morgan fingerprint density at radius 1 is 0.875 bits per heavy atom. The first-order valence-electron chi connectivity index (χ1n) is 24.1. The Balaban J connectivity index is 0.730. The molecule has 2 aromatic heterocycles. The first-order valence-corrected chi connectivity index (χ1v) is 25.3. The van der Waals surface area contributed by atoms with Crippen LogP contribution >= 0.6 is 11.8 Å². The van der Waals surface area contributed by atoms with Gasteiger partial charge in [-0.15, -0.1) is 11.8 Å². The lowest BCUT2D eigenvalue weighted by atomic mass is 9.86. The van der Waals surface area contributed by atoms with Gasteiger partial charge < -0.3 is 45.7 Å². The number of carbonyl (C=O) groups excluding carboxylic acids is 6. The molecule has 3 aromatic carbocycles. The Hall–Kier alpha value is -7.12. The normalized spacial score (nSPS) is 16.5. The number of aryl methyl sites for hydroxylation is 1. The van der Waals surface area contributed by atoms with E-state index in [0.717, 1.165) is 35.1 Å². The van der Waals surface area contributed by atoms with Crippen molar-refractivity contribution < 1.29 is 47.7 Å². The van der Waals surface area contributed by atoms with Crippen molar-refractivity contribution in [2.45, 2.75) is 116 Å². The van der Waals surface area contributed by atoms with E-state index >= 15 is 0 Å². The van der Waals surface area contributed by atoms with Gasteiger partial charge in [0.2, 0.25) is 23.6 Å². The van der Waals surface area contributed by atoms with Crippen LogP contribution in [0.3, 0.4) is 0 Å². The topological polar surface area (TPSA) is 236 Å². The van der Waals surface area contributed by atoms with Crippen LogP contribution in [0, 0.1) is 12.7 Å². The molecule has 0 saturated heterocycles. The summed E-state index contributed by atoms with van der Waals surface area (Å²) in [4.78, 5) is 95.6. The third kappa shape index (κ3) is 10.4. The fourth-order valence-electron chi connectivity index (χ4n) is 9.47. The quantitative estimate of drug-likeness (QED) is 0.0338. The molecule has 5 aromatic rings. The van der Waals surface area contributed by atoms with Gasteiger partial charge in [-0.3, -0.25) is 24.0 Å². The highest BCUT2D eigenvalue weighted by Gasteiger charge is 2.45. The lowest BCUT2D eigenvalue weighted by molar-refractivity contribution is -0.172. The lowest BCUT2D eigenvalue weighted by Crippen LogP contribution is -2.54. The Bertz CT molecular complexity index is 3010. The fourth-order valence-corrected chi connectivity index (χ4v) is 10.3. The number of nitrogens with one attached hydrogen (secondary N) is 5. The summed E-state index contributed by atoms with van der Waals surface area (Å²) in [6.07, 6.45) is 1.60. The van der Waals surface area contributed by atoms with Crippen LogP contribution in [-0.2, 0) is 58.7 Å². The van der Waals surface area contributed by atoms with Gasteiger partial charge in [-0.25, -0.2) is 19.0 Å². The van der Waals surface area contributed by atoms with E-state index in [0.29, 0.717) is 57.0 Å². The minimum atomic E-state index is -2.00. The number of carbonyl (C=O) groups is 6. The summed E-state index contributed by atoms with van der Waals surface area (Å²) in [5, 5.41) is 25.4. The maximum absolute atomic E-state index is 14.9. The van der Waals surface area contributed by atoms with Gasteiger partial charge in [0.15, 0.2) is 5.60 Å². The molecular formula is C53H58FN7O10S. The van der Waals surface area contributed by atoms with Gasteiger partial charge in [-0.05, 0) is 98.2 Å². The smallest absolute Gasteiger partial charge is 0.407 e. The van der Waals surface area contributed by atoms with Crippen LogP contribution in [0.4, 0.5) is 9.18 Å². The highest BCUT2D eigenvalue weighted by molar-refractivity contribution is 7.99. The van der Waals surface area contributed by atoms with Crippen LogP contribution < -0.4 is 32.1 Å². The van der Waals surface area contributed by atoms with Gasteiger partial charge in [0.1, 0.15) is 37.2 Å². The Kier molecular flexibility index (Phi) is 15.4. The molecule has 17 nitrogen and oxygen atoms in total. The fraction of sp³-hybridized carbons (Fsp3) is 0.396. The van der Waals surface area contributed by atoms with Gasteiger partial charge in [0, 0.05) is 41.5 Å². The number of hydrogen-bond acceptors (Lipinski definition) is 12. The van der Waals surface area contributed by atoms with E-state index < -0.39 is 64.9 Å². The molecule has 3 aliphatic rings. The molecule has 0 bridgehead atoms. The number of ether oxygens (including phenoxy) is 2. The van der Waals surface area contributed by atoms with Crippen LogP contribution in [0.2, 0.25) is 0 Å². The van der Waals surface area contributed by atoms with Crippen LogP contribution in [0.25, 0.3) is 33.4 Å². The summed E-state index contributed by atoms with van der Waals surface area (Å²) < 4.78 is 27.1. The number of thioether (sulfide) groups is 1. The van der Waals surface area contributed by atoms with E-state index in [-0.39, 0.29) is 62.1 Å². The van der Waals surface area contributed by atoms with Crippen molar-refractivity contribution in [3.8, 4) is 22.5 Å². The number of cyclic esters (lactones) is 1. The number of alkyl carbamates (subject to hydrolysis) is 1. The zero-order valence-corrected chi connectivity index (χ0v) is 41.6. The molecule has 4 heterocycles. The molecule has 0 fully saturated rings. The average Bonchev–Trinajstić information content (AvgIpc) is 3.89. The lowest BCUT2D eigenvalue weighted by Gasteiger charge is -2.31. The standard InChI is InChI=1S/C53H58FN7O10S/c1-6-53(69)41-21-44-46-38(24-61(44)50(66)40(41)26-70-51(53)67)37(36-20-28(2)42(54)22-43(36)60-46)23-55-45(62)18-8-7-13-19-72-27-56-47(63)29(3)57-48(64)30(4)58-49(65)31(5)59-52(68)71-25-39-34-16-11-9-14-32(34)33-15-10-12-17-35(33)39/h9-12,14-17,20-22,29-31,39,69H,6-8,13,18-19,23-27H2,1-5H3,(H,55,62)(H,56,63)(H,57,64)(H,58,65)(H,59,68)/t29-,30+,31-,53-/m0/s1. The van der Waals surface area contributed by atoms with Crippen molar-refractivity contribution >= 4 is 58.4 Å². The highest BCUT2D eigenvalue weighted by Crippen LogP contribution is 2.45. The maximum atomic E-state index is 14.9. The van der Waals surface area contributed by atoms with Crippen molar-refractivity contribution in [1.82, 2.24) is 36.1 Å². The summed E-state index contributed by atoms with van der Waals surface area (Å²) in [5.41, 5.74) is 5.12. The second-order valence-electron chi connectivity index (χ2n) is 18.5. The van der Waals surface area contributed by atoms with Gasteiger partial charge in [-0.2, -0.15) is 0 Å². The molecule has 6 N–H and O–H groups in total. The van der Waals surface area contributed by atoms with Crippen LogP contribution in [0.5, 0.6) is 0 Å². The van der Waals surface area contributed by atoms with Crippen molar-refractivity contribution in [3.63, 3.8) is 0 Å². The van der Waals surface area contributed by atoms with Crippen molar-refractivity contribution in [2.24, 2.45) is 0 Å². The van der Waals surface area contributed by atoms with Gasteiger partial charge in [0.05, 0.1) is 34.9 Å². The van der Waals surface area contributed by atoms with Crippen molar-refractivity contribution in [2.75, 3.05) is 18.2 Å². The molecule has 8 rings (SSSR count). The second kappa shape index (κ2) is 21.7. The van der Waals surface area contributed by atoms with E-state index in [1.807, 2.05) is 48.5 Å². The number of benzene rings is 3. The SMILES string of the molecule is CC[C@@]1(O)C(=O)OCc2c1cc1n(c2=O)Cc2c-1nc1cc(F)c(C)cc1c2CNC(=O)CCCCCSCNC(=O)[C@H](C)NC(=O)[C@@H](C)NC(=O)[C@H](C)NC(=O)OCC1c2ccccc2-c2ccccc21. The molecule has 4 atom stereocenters. The van der Waals surface area contributed by atoms with E-state index in [2.05, 4.69) is 26.6 Å². The van der Waals surface area contributed by atoms with E-state index in [1.165, 1.54) is 43.2 Å². The van der Waals surface area contributed by atoms with Crippen LogP contribution in [-0.4, -0.2) is 86.7 Å². The van der Waals surface area contributed by atoms with Gasteiger partial charge in [-0.1, -0.05) is 61.9 Å². The summed E-state index contributed by atoms with van der Waals surface area (Å²) in [6.45, 7) is 7.77. The van der Waals surface area contributed by atoms with Crippen molar-refractivity contribution in [3.05, 3.63) is 122 Å². The summed E-state index contributed by atoms with van der Waals surface area (Å²) in [5.74, 6) is -2.22. The Morgan fingerprint density at radius 2 is 1.53 bits per heavy atom. The molecule has 5 amide bonds. The van der Waals surface area contributed by atoms with E-state index in [9.17, 15) is 43.1 Å². The number of hydrogen-bond donors (Lipinski definition) is 6. The molecular weight excluding hydrogens is 946 g/mol. The largest absolute Gasteiger partial charge is 0.458 e. The van der Waals surface area contributed by atoms with Gasteiger partial charge >= 0.3 is 12.1 Å². The van der Waals surface area contributed by atoms with Crippen LogP contribution in [0.1, 0.15) is 105 Å². The molecule has 0 spiro atoms. The number of halogens is 1.